The molecule has 7 heteroatoms. The molecule has 3 atom stereocenters. The zero-order chi connectivity index (χ0) is 18.4. The van der Waals surface area contributed by atoms with Gasteiger partial charge in [-0.1, -0.05) is 26.7 Å². The van der Waals surface area contributed by atoms with Gasteiger partial charge in [0.1, 0.15) is 6.54 Å². The van der Waals surface area contributed by atoms with E-state index in [-0.39, 0.29) is 31.0 Å². The van der Waals surface area contributed by atoms with Crippen LogP contribution in [0.3, 0.4) is 0 Å². The molecule has 1 aromatic rings. The third-order valence-electron chi connectivity index (χ3n) is 4.77. The van der Waals surface area contributed by atoms with Crippen LogP contribution in [-0.4, -0.2) is 37.0 Å². The number of carbonyl (C=O) groups is 3. The lowest BCUT2D eigenvalue weighted by Crippen LogP contribution is -2.45. The van der Waals surface area contributed by atoms with E-state index in [2.05, 4.69) is 24.5 Å². The van der Waals surface area contributed by atoms with Gasteiger partial charge in [-0.15, -0.1) is 11.3 Å². The molecule has 0 unspecified atom stereocenters. The van der Waals surface area contributed by atoms with E-state index >= 15 is 0 Å². The van der Waals surface area contributed by atoms with Gasteiger partial charge in [0.05, 0.1) is 4.88 Å². The monoisotopic (exact) mass is 366 g/mol. The van der Waals surface area contributed by atoms with Crippen LogP contribution < -0.4 is 10.6 Å². The summed E-state index contributed by atoms with van der Waals surface area (Å²) in [6, 6.07) is 3.69. The summed E-state index contributed by atoms with van der Waals surface area (Å²) in [6.07, 6.45) is 3.25. The number of amides is 2. The molecular weight excluding hydrogens is 340 g/mol. The summed E-state index contributed by atoms with van der Waals surface area (Å²) >= 11 is 1.36. The van der Waals surface area contributed by atoms with E-state index in [1.54, 1.807) is 6.07 Å². The Balaban J connectivity index is 1.67. The molecule has 1 saturated carbocycles. The normalized spacial score (nSPS) is 22.9. The number of nitrogens with one attached hydrogen (secondary N) is 2. The highest BCUT2D eigenvalue weighted by atomic mass is 32.1. The van der Waals surface area contributed by atoms with Crippen LogP contribution in [0.5, 0.6) is 0 Å². The number of hydrogen-bond donors (Lipinski definition) is 2. The summed E-state index contributed by atoms with van der Waals surface area (Å²) < 4.78 is 4.94. The number of hydrogen-bond acceptors (Lipinski definition) is 5. The summed E-state index contributed by atoms with van der Waals surface area (Å²) in [5, 5.41) is 5.44. The van der Waals surface area contributed by atoms with Gasteiger partial charge < -0.3 is 15.4 Å². The topological polar surface area (TPSA) is 84.5 Å². The fourth-order valence-corrected chi connectivity index (χ4v) is 3.81. The van der Waals surface area contributed by atoms with Crippen LogP contribution in [0, 0.1) is 18.8 Å². The highest BCUT2D eigenvalue weighted by Crippen LogP contribution is 2.29. The molecule has 138 valence electrons. The number of esters is 1. The van der Waals surface area contributed by atoms with Crippen molar-refractivity contribution in [2.45, 2.75) is 46.1 Å². The number of carbonyl (C=O) groups excluding carboxylic acids is 3. The molecule has 1 aliphatic rings. The second-order valence-electron chi connectivity index (χ2n) is 6.69. The molecule has 0 saturated heterocycles. The van der Waals surface area contributed by atoms with Gasteiger partial charge in [0.25, 0.3) is 11.8 Å². The van der Waals surface area contributed by atoms with Crippen LogP contribution in [0.2, 0.25) is 0 Å². The van der Waals surface area contributed by atoms with Gasteiger partial charge >= 0.3 is 5.97 Å². The highest BCUT2D eigenvalue weighted by molar-refractivity contribution is 7.13. The maximum atomic E-state index is 12.0. The van der Waals surface area contributed by atoms with Gasteiger partial charge in [-0.3, -0.25) is 14.4 Å². The molecule has 2 amide bonds. The lowest BCUT2D eigenvalue weighted by Gasteiger charge is -2.34. The average Bonchev–Trinajstić information content (AvgIpc) is 3.01. The van der Waals surface area contributed by atoms with Crippen molar-refractivity contribution in [3.63, 3.8) is 0 Å². The summed E-state index contributed by atoms with van der Waals surface area (Å²) in [7, 11) is 0. The van der Waals surface area contributed by atoms with Crippen molar-refractivity contribution < 1.29 is 19.1 Å². The summed E-state index contributed by atoms with van der Waals surface area (Å²) in [5.41, 5.74) is 0. The smallest absolute Gasteiger partial charge is 0.325 e. The highest BCUT2D eigenvalue weighted by Gasteiger charge is 2.28. The Morgan fingerprint density at radius 3 is 2.68 bits per heavy atom. The molecular formula is C18H26N2O4S. The van der Waals surface area contributed by atoms with E-state index in [0.29, 0.717) is 16.7 Å². The van der Waals surface area contributed by atoms with Gasteiger partial charge in [-0.2, -0.15) is 0 Å². The minimum Gasteiger partial charge on any atom is -0.454 e. The molecule has 1 aliphatic carbocycles. The Bertz CT molecular complexity index is 628. The predicted molar refractivity (Wildman–Crippen MR) is 96.5 cm³/mol. The van der Waals surface area contributed by atoms with Crippen molar-refractivity contribution in [1.29, 1.82) is 0 Å². The van der Waals surface area contributed by atoms with Crippen molar-refractivity contribution in [3.05, 3.63) is 21.9 Å². The minimum absolute atomic E-state index is 0.136. The van der Waals surface area contributed by atoms with E-state index in [4.69, 9.17) is 4.74 Å². The molecule has 6 nitrogen and oxygen atoms in total. The first-order valence-corrected chi connectivity index (χ1v) is 9.48. The average molecular weight is 366 g/mol. The molecule has 0 aromatic carbocycles. The van der Waals surface area contributed by atoms with Crippen molar-refractivity contribution >= 4 is 29.1 Å². The standard InChI is InChI=1S/C18H26N2O4S/c1-11-5-4-6-14(13(11)3)20-16(21)10-24-17(22)9-19-18(23)15-8-7-12(2)25-15/h7-8,11,13-14H,4-6,9-10H2,1-3H3,(H,19,23)(H,20,21)/t11-,13-,14+/m1/s1. The van der Waals surface area contributed by atoms with Crippen LogP contribution in [0.25, 0.3) is 0 Å². The van der Waals surface area contributed by atoms with Crippen LogP contribution >= 0.6 is 11.3 Å². The van der Waals surface area contributed by atoms with Crippen LogP contribution in [0.15, 0.2) is 12.1 Å². The summed E-state index contributed by atoms with van der Waals surface area (Å²) in [4.78, 5) is 37.1. The minimum atomic E-state index is -0.623. The Kier molecular flexibility index (Phi) is 6.99. The first kappa shape index (κ1) is 19.4. The molecule has 0 radical (unpaired) electrons. The lowest BCUT2D eigenvalue weighted by molar-refractivity contribution is -0.147. The Morgan fingerprint density at radius 1 is 1.24 bits per heavy atom. The fourth-order valence-electron chi connectivity index (χ4n) is 3.03. The second-order valence-corrected chi connectivity index (χ2v) is 7.98. The van der Waals surface area contributed by atoms with E-state index < -0.39 is 5.97 Å². The van der Waals surface area contributed by atoms with Crippen LogP contribution in [-0.2, 0) is 14.3 Å². The number of ether oxygens (including phenoxy) is 1. The third kappa shape index (κ3) is 5.85. The fraction of sp³-hybridized carbons (Fsp3) is 0.611. The Morgan fingerprint density at radius 2 is 2.00 bits per heavy atom. The zero-order valence-electron chi connectivity index (χ0n) is 15.0. The van der Waals surface area contributed by atoms with E-state index in [1.165, 1.54) is 17.8 Å². The van der Waals surface area contributed by atoms with Gasteiger partial charge in [0.2, 0.25) is 0 Å². The Hall–Kier alpha value is -1.89. The third-order valence-corrected chi connectivity index (χ3v) is 5.77. The largest absolute Gasteiger partial charge is 0.454 e. The van der Waals surface area contributed by atoms with E-state index in [9.17, 15) is 14.4 Å². The molecule has 1 heterocycles. The lowest BCUT2D eigenvalue weighted by atomic mass is 9.78. The first-order chi connectivity index (χ1) is 11.9. The summed E-state index contributed by atoms with van der Waals surface area (Å²) in [6.45, 7) is 5.68. The van der Waals surface area contributed by atoms with Crippen molar-refractivity contribution in [1.82, 2.24) is 10.6 Å². The molecule has 0 spiro atoms. The van der Waals surface area contributed by atoms with Crippen molar-refractivity contribution in [3.8, 4) is 0 Å². The molecule has 2 N–H and O–H groups in total. The predicted octanol–water partition coefficient (Wildman–Crippen LogP) is 2.27. The van der Waals surface area contributed by atoms with E-state index in [1.807, 2.05) is 13.0 Å². The molecule has 25 heavy (non-hydrogen) atoms. The van der Waals surface area contributed by atoms with Crippen molar-refractivity contribution in [2.24, 2.45) is 11.8 Å². The second kappa shape index (κ2) is 8.99. The summed E-state index contributed by atoms with van der Waals surface area (Å²) in [5.74, 6) is -0.231. The zero-order valence-corrected chi connectivity index (χ0v) is 15.8. The molecule has 1 aromatic heterocycles. The maximum Gasteiger partial charge on any atom is 0.325 e. The maximum absolute atomic E-state index is 12.0. The van der Waals surface area contributed by atoms with Gasteiger partial charge in [-0.05, 0) is 37.3 Å². The molecule has 0 bridgehead atoms. The molecule has 1 fully saturated rings. The molecule has 0 aliphatic heterocycles. The first-order valence-electron chi connectivity index (χ1n) is 8.66. The number of rotatable bonds is 6. The van der Waals surface area contributed by atoms with Gasteiger partial charge in [0, 0.05) is 10.9 Å². The Labute approximate surface area is 152 Å². The van der Waals surface area contributed by atoms with Crippen molar-refractivity contribution in [2.75, 3.05) is 13.2 Å². The number of thiophene rings is 1. The van der Waals surface area contributed by atoms with Gasteiger partial charge in [0.15, 0.2) is 6.61 Å². The van der Waals surface area contributed by atoms with Crippen LogP contribution in [0.1, 0.15) is 47.7 Å². The van der Waals surface area contributed by atoms with Gasteiger partial charge in [-0.25, -0.2) is 0 Å². The SMILES string of the molecule is Cc1ccc(C(=O)NCC(=O)OCC(=O)N[C@H]2CCC[C@@H](C)[C@H]2C)s1. The molecule has 2 rings (SSSR count). The van der Waals surface area contributed by atoms with Crippen LogP contribution in [0.4, 0.5) is 0 Å². The van der Waals surface area contributed by atoms with E-state index in [0.717, 1.165) is 17.7 Å². The number of aryl methyl sites for hydroxylation is 1. The quantitative estimate of drug-likeness (QED) is 0.757.